The average molecular weight is 474 g/mol. The lowest BCUT2D eigenvalue weighted by Crippen LogP contribution is -2.37. The highest BCUT2D eigenvalue weighted by atomic mass is 19.1. The van der Waals surface area contributed by atoms with E-state index in [1.165, 1.54) is 13.3 Å². The summed E-state index contributed by atoms with van der Waals surface area (Å²) in [7, 11) is 1.30. The summed E-state index contributed by atoms with van der Waals surface area (Å²) in [5.74, 6) is 0.882. The zero-order valence-corrected chi connectivity index (χ0v) is 19.6. The molecule has 0 aliphatic rings. The molecule has 3 aromatic heterocycles. The monoisotopic (exact) mass is 473 g/mol. The third kappa shape index (κ3) is 5.85. The Bertz CT molecular complexity index is 1150. The smallest absolute Gasteiger partial charge is 0.407 e. The number of nitrogens with one attached hydrogen (secondary N) is 3. The van der Waals surface area contributed by atoms with E-state index in [-0.39, 0.29) is 23.2 Å². The van der Waals surface area contributed by atoms with Crippen molar-refractivity contribution < 1.29 is 18.7 Å². The van der Waals surface area contributed by atoms with Gasteiger partial charge < -0.3 is 30.8 Å². The van der Waals surface area contributed by atoms with Crippen molar-refractivity contribution in [3.8, 4) is 28.7 Å². The van der Waals surface area contributed by atoms with Crippen LogP contribution in [0.5, 0.6) is 5.88 Å². The van der Waals surface area contributed by atoms with Gasteiger partial charge in [0.15, 0.2) is 5.82 Å². The van der Waals surface area contributed by atoms with Gasteiger partial charge in [-0.2, -0.15) is 0 Å². The number of hydrogen-bond donors (Lipinski definition) is 4. The number of carbonyl (C=O) groups is 1. The quantitative estimate of drug-likeness (QED) is 0.382. The highest BCUT2D eigenvalue weighted by Gasteiger charge is 2.25. The molecular weight excluding hydrogens is 445 g/mol. The molecule has 0 aliphatic heterocycles. The maximum absolute atomic E-state index is 12.7. The number of nitrogens with zero attached hydrogens (tertiary/aromatic N) is 5. The Morgan fingerprint density at radius 1 is 1.24 bits per heavy atom. The van der Waals surface area contributed by atoms with Crippen molar-refractivity contribution >= 4 is 17.9 Å². The molecular formula is C21H28FN9O3. The van der Waals surface area contributed by atoms with Crippen LogP contribution in [0, 0.1) is 0 Å². The number of aromatic amines is 1. The van der Waals surface area contributed by atoms with E-state index in [4.69, 9.17) is 15.5 Å². The number of alkyl halides is 1. The van der Waals surface area contributed by atoms with Gasteiger partial charge in [0, 0.05) is 24.2 Å². The zero-order valence-electron chi connectivity index (χ0n) is 19.6. The molecule has 0 spiro atoms. The van der Waals surface area contributed by atoms with Crippen molar-refractivity contribution in [3.63, 3.8) is 0 Å². The summed E-state index contributed by atoms with van der Waals surface area (Å²) < 4.78 is 22.2. The first-order valence-electron chi connectivity index (χ1n) is 10.5. The third-order valence-corrected chi connectivity index (χ3v) is 4.64. The molecule has 3 rings (SSSR count). The molecule has 0 aromatic carbocycles. The van der Waals surface area contributed by atoms with Crippen LogP contribution in [0.15, 0.2) is 18.5 Å². The lowest BCUT2D eigenvalue weighted by atomic mass is 9.96. The van der Waals surface area contributed by atoms with E-state index in [1.807, 2.05) is 27.7 Å². The predicted octanol–water partition coefficient (Wildman–Crippen LogP) is 2.67. The molecule has 182 valence electrons. The number of anilines is 2. The Balaban J connectivity index is 1.97. The number of imidazole rings is 1. The summed E-state index contributed by atoms with van der Waals surface area (Å²) in [6, 6.07) is 1.49. The molecule has 34 heavy (non-hydrogen) atoms. The van der Waals surface area contributed by atoms with Crippen LogP contribution in [-0.4, -0.2) is 62.6 Å². The minimum atomic E-state index is -1.09. The third-order valence-electron chi connectivity index (χ3n) is 4.64. The molecule has 5 N–H and O–H groups in total. The van der Waals surface area contributed by atoms with Crippen LogP contribution in [-0.2, 0) is 10.2 Å². The van der Waals surface area contributed by atoms with Gasteiger partial charge in [-0.25, -0.2) is 34.1 Å². The van der Waals surface area contributed by atoms with Gasteiger partial charge in [-0.3, -0.25) is 0 Å². The first-order valence-corrected chi connectivity index (χ1v) is 10.5. The second-order valence-electron chi connectivity index (χ2n) is 8.44. The summed E-state index contributed by atoms with van der Waals surface area (Å²) in [5, 5.41) is 5.74. The van der Waals surface area contributed by atoms with Crippen LogP contribution >= 0.6 is 0 Å². The number of alkyl carbamates (subject to hydrolysis) is 1. The van der Waals surface area contributed by atoms with Crippen molar-refractivity contribution in [3.05, 3.63) is 24.3 Å². The molecule has 0 radical (unpaired) electrons. The number of carbonyl (C=O) groups excluding carboxylic acids is 1. The number of amides is 1. The van der Waals surface area contributed by atoms with Gasteiger partial charge in [0.1, 0.15) is 17.2 Å². The van der Waals surface area contributed by atoms with Crippen molar-refractivity contribution in [2.45, 2.75) is 39.2 Å². The molecule has 0 aliphatic carbocycles. The molecule has 3 heterocycles. The molecule has 12 nitrogen and oxygen atoms in total. The van der Waals surface area contributed by atoms with Crippen LogP contribution in [0.2, 0.25) is 0 Å². The average Bonchev–Trinajstić information content (AvgIpc) is 3.26. The van der Waals surface area contributed by atoms with Crippen molar-refractivity contribution in [2.75, 3.05) is 31.6 Å². The number of rotatable bonds is 8. The number of ether oxygens (including phenoxy) is 2. The Labute approximate surface area is 195 Å². The molecule has 1 amide bonds. The van der Waals surface area contributed by atoms with E-state index < -0.39 is 13.0 Å². The number of nitrogen functional groups attached to an aromatic ring is 1. The van der Waals surface area contributed by atoms with E-state index in [1.54, 1.807) is 12.3 Å². The number of halogens is 1. The predicted molar refractivity (Wildman–Crippen MR) is 124 cm³/mol. The molecule has 1 atom stereocenters. The first kappa shape index (κ1) is 24.6. The molecule has 0 unspecified atom stereocenters. The standard InChI is InChI=1S/C21H28FN9O3/c1-11(27-20(32)33-5)8-26-19-24-7-6-12(29-19)14-15(31-18(30-14)21(2,3)4)13-9-25-16(23)17(28-13)34-10-22/h6-7,9,11H,8,10H2,1-5H3,(H2,23,25)(H,27,32)(H,30,31)(H,24,26,29)/t11-/m0/s1. The van der Waals surface area contributed by atoms with Gasteiger partial charge in [-0.1, -0.05) is 20.8 Å². The number of methoxy groups -OCH3 is 1. The summed E-state index contributed by atoms with van der Waals surface area (Å²) in [4.78, 5) is 36.5. The van der Waals surface area contributed by atoms with Gasteiger partial charge >= 0.3 is 6.09 Å². The summed E-state index contributed by atoms with van der Waals surface area (Å²) >= 11 is 0. The van der Waals surface area contributed by atoms with E-state index in [0.717, 1.165) is 0 Å². The molecule has 0 saturated heterocycles. The van der Waals surface area contributed by atoms with Crippen LogP contribution in [0.3, 0.4) is 0 Å². The van der Waals surface area contributed by atoms with Gasteiger partial charge in [0.2, 0.25) is 12.8 Å². The summed E-state index contributed by atoms with van der Waals surface area (Å²) in [6.45, 7) is 7.12. The molecule has 0 bridgehead atoms. The molecule has 0 fully saturated rings. The van der Waals surface area contributed by atoms with Crippen molar-refractivity contribution in [1.29, 1.82) is 0 Å². The van der Waals surface area contributed by atoms with Gasteiger partial charge in [-0.15, -0.1) is 0 Å². The van der Waals surface area contributed by atoms with Gasteiger partial charge in [-0.05, 0) is 13.0 Å². The van der Waals surface area contributed by atoms with E-state index >= 15 is 0 Å². The van der Waals surface area contributed by atoms with Crippen molar-refractivity contribution in [2.24, 2.45) is 0 Å². The summed E-state index contributed by atoms with van der Waals surface area (Å²) in [5.41, 5.74) is 7.32. The van der Waals surface area contributed by atoms with E-state index in [2.05, 4.69) is 40.3 Å². The van der Waals surface area contributed by atoms with Crippen molar-refractivity contribution in [1.82, 2.24) is 35.2 Å². The lowest BCUT2D eigenvalue weighted by Gasteiger charge is -2.14. The molecule has 0 saturated carbocycles. The normalized spacial score (nSPS) is 12.2. The number of nitrogens with two attached hydrogens (primary N) is 1. The first-order chi connectivity index (χ1) is 16.1. The fourth-order valence-corrected chi connectivity index (χ4v) is 2.89. The Morgan fingerprint density at radius 2 is 2.00 bits per heavy atom. The minimum Gasteiger partial charge on any atom is -0.453 e. The lowest BCUT2D eigenvalue weighted by molar-refractivity contribution is 0.168. The topological polar surface area (TPSA) is 166 Å². The van der Waals surface area contributed by atoms with Gasteiger partial charge in [0.05, 0.1) is 24.7 Å². The summed E-state index contributed by atoms with van der Waals surface area (Å²) in [6.07, 6.45) is 2.51. The SMILES string of the molecule is COC(=O)N[C@@H](C)CNc1nccc(-c2[nH]c(C(C)(C)C)nc2-c2cnc(N)c(OCF)n2)n1. The largest absolute Gasteiger partial charge is 0.453 e. The number of aromatic nitrogens is 6. The highest BCUT2D eigenvalue weighted by molar-refractivity contribution is 5.75. The van der Waals surface area contributed by atoms with E-state index in [9.17, 15) is 9.18 Å². The number of hydrogen-bond acceptors (Lipinski definition) is 10. The van der Waals surface area contributed by atoms with Gasteiger partial charge in [0.25, 0.3) is 5.88 Å². The maximum atomic E-state index is 12.7. The van der Waals surface area contributed by atoms with Crippen LogP contribution in [0.1, 0.15) is 33.5 Å². The maximum Gasteiger partial charge on any atom is 0.407 e. The molecule has 13 heteroatoms. The second kappa shape index (κ2) is 10.3. The fourth-order valence-electron chi connectivity index (χ4n) is 2.89. The Morgan fingerprint density at radius 3 is 2.68 bits per heavy atom. The van der Waals surface area contributed by atoms with Crippen LogP contribution in [0.25, 0.3) is 22.8 Å². The highest BCUT2D eigenvalue weighted by Crippen LogP contribution is 2.33. The van der Waals surface area contributed by atoms with E-state index in [0.29, 0.717) is 41.1 Å². The molecule has 3 aromatic rings. The minimum absolute atomic E-state index is 0.0299. The zero-order chi connectivity index (χ0) is 24.9. The number of H-pyrrole nitrogens is 1. The Kier molecular flexibility index (Phi) is 7.44. The van der Waals surface area contributed by atoms with Crippen LogP contribution in [0.4, 0.5) is 21.0 Å². The Hall–Kier alpha value is -4.03. The second-order valence-corrected chi connectivity index (χ2v) is 8.44. The fraction of sp³-hybridized carbons (Fsp3) is 0.429. The van der Waals surface area contributed by atoms with Crippen LogP contribution < -0.4 is 21.1 Å².